The minimum Gasteiger partial charge on any atom is -0.492 e. The third-order valence-electron chi connectivity index (χ3n) is 2.74. The van der Waals surface area contributed by atoms with Crippen molar-refractivity contribution in [2.24, 2.45) is 0 Å². The lowest BCUT2D eigenvalue weighted by Crippen LogP contribution is -2.04. The van der Waals surface area contributed by atoms with E-state index in [-0.39, 0.29) is 10.8 Å². The highest BCUT2D eigenvalue weighted by atomic mass is 79.9. The van der Waals surface area contributed by atoms with E-state index in [0.717, 1.165) is 0 Å². The van der Waals surface area contributed by atoms with Gasteiger partial charge in [-0.15, -0.1) is 0 Å². The van der Waals surface area contributed by atoms with E-state index in [4.69, 9.17) is 39.5 Å². The maximum Gasteiger partial charge on any atom is 0.195 e. The second-order valence-electron chi connectivity index (χ2n) is 4.15. The Labute approximate surface area is 146 Å². The Kier molecular flexibility index (Phi) is 5.55. The number of hydrogen-bond acceptors (Lipinski definition) is 2. The number of carbonyl (C=O) groups is 1. The van der Waals surface area contributed by atoms with Crippen molar-refractivity contribution in [2.45, 2.75) is 6.92 Å². The zero-order valence-electron chi connectivity index (χ0n) is 10.9. The molecule has 0 amide bonds. The molecule has 0 bridgehead atoms. The van der Waals surface area contributed by atoms with Crippen molar-refractivity contribution in [3.8, 4) is 5.75 Å². The summed E-state index contributed by atoms with van der Waals surface area (Å²) in [5.41, 5.74) is 0.773. The van der Waals surface area contributed by atoms with E-state index >= 15 is 0 Å². The maximum atomic E-state index is 12.6. The highest BCUT2D eigenvalue weighted by Crippen LogP contribution is 2.33. The van der Waals surface area contributed by atoms with Crippen LogP contribution >= 0.6 is 50.7 Å². The second-order valence-corrected chi connectivity index (χ2v) is 6.25. The van der Waals surface area contributed by atoms with Gasteiger partial charge in [-0.2, -0.15) is 0 Å². The average Bonchev–Trinajstić information content (AvgIpc) is 2.42. The molecule has 0 saturated carbocycles. The lowest BCUT2D eigenvalue weighted by molar-refractivity contribution is 0.103. The van der Waals surface area contributed by atoms with Crippen LogP contribution in [-0.4, -0.2) is 12.4 Å². The summed E-state index contributed by atoms with van der Waals surface area (Å²) >= 11 is 21.5. The van der Waals surface area contributed by atoms with Crippen molar-refractivity contribution in [1.29, 1.82) is 0 Å². The first-order valence-corrected chi connectivity index (χ1v) is 7.98. The minimum atomic E-state index is -0.242. The summed E-state index contributed by atoms with van der Waals surface area (Å²) in [6.07, 6.45) is 0. The average molecular weight is 409 g/mol. The zero-order chi connectivity index (χ0) is 15.6. The van der Waals surface area contributed by atoms with Crippen molar-refractivity contribution in [1.82, 2.24) is 0 Å². The van der Waals surface area contributed by atoms with Crippen LogP contribution in [0.25, 0.3) is 0 Å². The van der Waals surface area contributed by atoms with Crippen LogP contribution in [0.4, 0.5) is 0 Å². The summed E-state index contributed by atoms with van der Waals surface area (Å²) in [7, 11) is 0. The number of ketones is 1. The van der Waals surface area contributed by atoms with Gasteiger partial charge in [-0.25, -0.2) is 0 Å². The maximum absolute atomic E-state index is 12.6. The molecular weight excluding hydrogens is 398 g/mol. The zero-order valence-corrected chi connectivity index (χ0v) is 14.8. The topological polar surface area (TPSA) is 26.3 Å². The lowest BCUT2D eigenvalue weighted by Gasteiger charge is -2.10. The van der Waals surface area contributed by atoms with Crippen LogP contribution in [0, 0.1) is 0 Å². The first-order chi connectivity index (χ1) is 9.93. The van der Waals surface area contributed by atoms with Gasteiger partial charge in [-0.05, 0) is 47.1 Å². The van der Waals surface area contributed by atoms with E-state index in [1.165, 1.54) is 6.07 Å². The van der Waals surface area contributed by atoms with E-state index in [9.17, 15) is 4.79 Å². The molecule has 0 aliphatic heterocycles. The van der Waals surface area contributed by atoms with Crippen LogP contribution in [0.2, 0.25) is 15.1 Å². The quantitative estimate of drug-likeness (QED) is 0.577. The fourth-order valence-corrected chi connectivity index (χ4v) is 3.11. The van der Waals surface area contributed by atoms with Crippen molar-refractivity contribution < 1.29 is 9.53 Å². The predicted octanol–water partition coefficient (Wildman–Crippen LogP) is 6.04. The molecule has 2 aromatic carbocycles. The van der Waals surface area contributed by atoms with Crippen molar-refractivity contribution in [3.05, 3.63) is 61.0 Å². The predicted molar refractivity (Wildman–Crippen MR) is 90.2 cm³/mol. The van der Waals surface area contributed by atoms with Crippen molar-refractivity contribution in [3.63, 3.8) is 0 Å². The van der Waals surface area contributed by atoms with Gasteiger partial charge in [0, 0.05) is 26.7 Å². The summed E-state index contributed by atoms with van der Waals surface area (Å²) in [5.74, 6) is 0.212. The largest absolute Gasteiger partial charge is 0.492 e. The van der Waals surface area contributed by atoms with Gasteiger partial charge in [0.2, 0.25) is 0 Å². The van der Waals surface area contributed by atoms with E-state index in [2.05, 4.69) is 15.9 Å². The molecule has 2 rings (SSSR count). The molecule has 0 saturated heterocycles. The van der Waals surface area contributed by atoms with Crippen LogP contribution in [0.5, 0.6) is 5.75 Å². The normalized spacial score (nSPS) is 10.5. The fraction of sp³-hybridized carbons (Fsp3) is 0.133. The molecule has 6 heteroatoms. The molecule has 0 N–H and O–H groups in total. The third-order valence-corrected chi connectivity index (χ3v) is 4.24. The van der Waals surface area contributed by atoms with Crippen LogP contribution in [-0.2, 0) is 0 Å². The first kappa shape index (κ1) is 16.6. The molecule has 0 aliphatic carbocycles. The standard InChI is InChI=1S/C15H10BrCl3O2/c1-2-21-14-7-12(18)10(6-13(14)19)15(20)9-4-3-8(17)5-11(9)16/h3-7H,2H2,1H3. The van der Waals surface area contributed by atoms with Gasteiger partial charge in [-0.3, -0.25) is 4.79 Å². The highest BCUT2D eigenvalue weighted by molar-refractivity contribution is 9.10. The number of ether oxygens (including phenoxy) is 1. The number of rotatable bonds is 4. The Balaban J connectivity index is 2.46. The van der Waals surface area contributed by atoms with E-state index in [0.29, 0.717) is 38.0 Å². The molecule has 0 radical (unpaired) electrons. The third kappa shape index (κ3) is 3.72. The molecule has 0 atom stereocenters. The monoisotopic (exact) mass is 406 g/mol. The number of benzene rings is 2. The molecule has 0 spiro atoms. The van der Waals surface area contributed by atoms with Gasteiger partial charge in [0.15, 0.2) is 5.78 Å². The van der Waals surface area contributed by atoms with Gasteiger partial charge in [0.25, 0.3) is 0 Å². The molecule has 0 fully saturated rings. The molecule has 110 valence electrons. The van der Waals surface area contributed by atoms with E-state index < -0.39 is 0 Å². The summed E-state index contributed by atoms with van der Waals surface area (Å²) in [6, 6.07) is 7.99. The molecular formula is C15H10BrCl3O2. The molecule has 0 heterocycles. The van der Waals surface area contributed by atoms with Crippen molar-refractivity contribution in [2.75, 3.05) is 6.61 Å². The Hall–Kier alpha value is -0.740. The minimum absolute atomic E-state index is 0.242. The van der Waals surface area contributed by atoms with E-state index in [1.54, 1.807) is 24.3 Å². The van der Waals surface area contributed by atoms with Gasteiger partial charge >= 0.3 is 0 Å². The lowest BCUT2D eigenvalue weighted by atomic mass is 10.0. The summed E-state index contributed by atoms with van der Waals surface area (Å²) in [4.78, 5) is 12.6. The highest BCUT2D eigenvalue weighted by Gasteiger charge is 2.18. The SMILES string of the molecule is CCOc1cc(Cl)c(C(=O)c2ccc(Cl)cc2Br)cc1Cl. The number of halogens is 4. The van der Waals surface area contributed by atoms with Crippen LogP contribution < -0.4 is 4.74 Å². The molecule has 0 unspecified atom stereocenters. The molecule has 21 heavy (non-hydrogen) atoms. The Bertz CT molecular complexity index is 702. The Morgan fingerprint density at radius 1 is 1.10 bits per heavy atom. The van der Waals surface area contributed by atoms with Crippen LogP contribution in [0.3, 0.4) is 0 Å². The van der Waals surface area contributed by atoms with Crippen LogP contribution in [0.15, 0.2) is 34.8 Å². The summed E-state index contributed by atoms with van der Waals surface area (Å²) in [5, 5.41) is 1.17. The first-order valence-electron chi connectivity index (χ1n) is 6.05. The summed E-state index contributed by atoms with van der Waals surface area (Å²) < 4.78 is 5.94. The summed E-state index contributed by atoms with van der Waals surface area (Å²) in [6.45, 7) is 2.31. The molecule has 0 aliphatic rings. The Morgan fingerprint density at radius 3 is 2.43 bits per heavy atom. The molecule has 2 nitrogen and oxygen atoms in total. The van der Waals surface area contributed by atoms with Gasteiger partial charge < -0.3 is 4.74 Å². The second kappa shape index (κ2) is 7.01. The number of carbonyl (C=O) groups excluding carboxylic acids is 1. The van der Waals surface area contributed by atoms with Gasteiger partial charge in [-0.1, -0.05) is 34.8 Å². The van der Waals surface area contributed by atoms with Gasteiger partial charge in [0.1, 0.15) is 5.75 Å². The van der Waals surface area contributed by atoms with Crippen molar-refractivity contribution >= 4 is 56.5 Å². The molecule has 0 aromatic heterocycles. The van der Waals surface area contributed by atoms with Gasteiger partial charge in [0.05, 0.1) is 16.7 Å². The smallest absolute Gasteiger partial charge is 0.195 e. The van der Waals surface area contributed by atoms with Crippen LogP contribution in [0.1, 0.15) is 22.8 Å². The molecule has 2 aromatic rings. The number of hydrogen-bond donors (Lipinski definition) is 0. The van der Waals surface area contributed by atoms with E-state index in [1.807, 2.05) is 6.92 Å². The fourth-order valence-electron chi connectivity index (χ4n) is 1.79. The Morgan fingerprint density at radius 2 is 1.81 bits per heavy atom.